The number of nitriles is 1. The van der Waals surface area contributed by atoms with Crippen LogP contribution in [0.1, 0.15) is 19.5 Å². The summed E-state index contributed by atoms with van der Waals surface area (Å²) in [6.45, 7) is 6.44. The van der Waals surface area contributed by atoms with Crippen molar-refractivity contribution in [3.63, 3.8) is 0 Å². The van der Waals surface area contributed by atoms with Crippen LogP contribution in [0.5, 0.6) is 0 Å². The van der Waals surface area contributed by atoms with Crippen molar-refractivity contribution in [1.29, 1.82) is 5.26 Å². The molecular weight excluding hydrogens is 176 g/mol. The van der Waals surface area contributed by atoms with Crippen LogP contribution in [0.15, 0.2) is 18.3 Å². The standard InChI is InChI=1S/C11H16N2O/c1-10(2)9-14-7-6-13-5-3-4-11(13)8-12/h3-5,10H,6-7,9H2,1-2H3. The summed E-state index contributed by atoms with van der Waals surface area (Å²) >= 11 is 0. The molecule has 0 aliphatic rings. The fourth-order valence-corrected chi connectivity index (χ4v) is 1.19. The van der Waals surface area contributed by atoms with Crippen molar-refractivity contribution in [2.45, 2.75) is 20.4 Å². The van der Waals surface area contributed by atoms with Gasteiger partial charge in [-0.2, -0.15) is 5.26 Å². The van der Waals surface area contributed by atoms with Crippen molar-refractivity contribution < 1.29 is 4.74 Å². The van der Waals surface area contributed by atoms with E-state index < -0.39 is 0 Å². The van der Waals surface area contributed by atoms with Crippen molar-refractivity contribution in [3.05, 3.63) is 24.0 Å². The van der Waals surface area contributed by atoms with Gasteiger partial charge in [-0.1, -0.05) is 13.8 Å². The number of aromatic nitrogens is 1. The maximum Gasteiger partial charge on any atom is 0.120 e. The molecule has 0 bridgehead atoms. The van der Waals surface area contributed by atoms with Gasteiger partial charge in [0.05, 0.1) is 6.61 Å². The summed E-state index contributed by atoms with van der Waals surface area (Å²) in [6, 6.07) is 5.82. The van der Waals surface area contributed by atoms with Crippen LogP contribution in [0.3, 0.4) is 0 Å². The highest BCUT2D eigenvalue weighted by atomic mass is 16.5. The Kier molecular flexibility index (Phi) is 4.21. The molecule has 1 aromatic heterocycles. The van der Waals surface area contributed by atoms with Gasteiger partial charge in [0.2, 0.25) is 0 Å². The number of nitrogens with zero attached hydrogens (tertiary/aromatic N) is 2. The van der Waals surface area contributed by atoms with Crippen LogP contribution in [0, 0.1) is 17.2 Å². The van der Waals surface area contributed by atoms with Gasteiger partial charge < -0.3 is 9.30 Å². The van der Waals surface area contributed by atoms with E-state index in [0.29, 0.717) is 18.2 Å². The quantitative estimate of drug-likeness (QED) is 0.669. The molecule has 0 amide bonds. The van der Waals surface area contributed by atoms with Crippen LogP contribution < -0.4 is 0 Å². The topological polar surface area (TPSA) is 38.0 Å². The maximum absolute atomic E-state index is 8.74. The summed E-state index contributed by atoms with van der Waals surface area (Å²) in [4.78, 5) is 0. The van der Waals surface area contributed by atoms with Crippen molar-refractivity contribution >= 4 is 0 Å². The van der Waals surface area contributed by atoms with Crippen LogP contribution in [0.2, 0.25) is 0 Å². The van der Waals surface area contributed by atoms with Crippen LogP contribution in [-0.2, 0) is 11.3 Å². The minimum atomic E-state index is 0.565. The summed E-state index contributed by atoms with van der Waals surface area (Å²) in [7, 11) is 0. The average Bonchev–Trinajstić information content (AvgIpc) is 2.59. The molecule has 0 spiro atoms. The fourth-order valence-electron chi connectivity index (χ4n) is 1.19. The normalized spacial score (nSPS) is 10.4. The van der Waals surface area contributed by atoms with Crippen LogP contribution in [0.4, 0.5) is 0 Å². The van der Waals surface area contributed by atoms with Gasteiger partial charge >= 0.3 is 0 Å². The summed E-state index contributed by atoms with van der Waals surface area (Å²) in [5.74, 6) is 0.565. The molecule has 1 aromatic rings. The Morgan fingerprint density at radius 2 is 2.36 bits per heavy atom. The minimum Gasteiger partial charge on any atom is -0.379 e. The van der Waals surface area contributed by atoms with Crippen molar-refractivity contribution in [1.82, 2.24) is 4.57 Å². The first kappa shape index (κ1) is 10.8. The lowest BCUT2D eigenvalue weighted by molar-refractivity contribution is 0.103. The van der Waals surface area contributed by atoms with E-state index in [1.54, 1.807) is 0 Å². The van der Waals surface area contributed by atoms with Gasteiger partial charge in [0, 0.05) is 19.3 Å². The van der Waals surface area contributed by atoms with E-state index in [9.17, 15) is 0 Å². The zero-order valence-corrected chi connectivity index (χ0v) is 8.73. The summed E-state index contributed by atoms with van der Waals surface area (Å²) in [5.41, 5.74) is 0.693. The highest BCUT2D eigenvalue weighted by Crippen LogP contribution is 2.00. The molecule has 0 atom stereocenters. The van der Waals surface area contributed by atoms with E-state index in [0.717, 1.165) is 13.2 Å². The highest BCUT2D eigenvalue weighted by Gasteiger charge is 1.99. The highest BCUT2D eigenvalue weighted by molar-refractivity contribution is 5.21. The molecule has 1 rings (SSSR count). The molecule has 0 radical (unpaired) electrons. The number of ether oxygens (including phenoxy) is 1. The van der Waals surface area contributed by atoms with Gasteiger partial charge in [-0.05, 0) is 18.1 Å². The predicted molar refractivity (Wildman–Crippen MR) is 54.8 cm³/mol. The molecule has 76 valence electrons. The van der Waals surface area contributed by atoms with Crippen molar-refractivity contribution in [2.24, 2.45) is 5.92 Å². The second-order valence-corrected chi connectivity index (χ2v) is 3.67. The smallest absolute Gasteiger partial charge is 0.120 e. The predicted octanol–water partition coefficient (Wildman–Crippen LogP) is 2.03. The van der Waals surface area contributed by atoms with Crippen LogP contribution >= 0.6 is 0 Å². The second-order valence-electron chi connectivity index (χ2n) is 3.67. The van der Waals surface area contributed by atoms with E-state index in [1.165, 1.54) is 0 Å². The molecule has 0 aromatic carbocycles. The van der Waals surface area contributed by atoms with Crippen molar-refractivity contribution in [3.8, 4) is 6.07 Å². The van der Waals surface area contributed by atoms with Gasteiger partial charge in [-0.25, -0.2) is 0 Å². The Morgan fingerprint density at radius 1 is 1.57 bits per heavy atom. The molecule has 0 unspecified atom stereocenters. The van der Waals surface area contributed by atoms with Crippen LogP contribution in [0.25, 0.3) is 0 Å². The largest absolute Gasteiger partial charge is 0.379 e. The maximum atomic E-state index is 8.74. The van der Waals surface area contributed by atoms with E-state index in [4.69, 9.17) is 10.00 Å². The van der Waals surface area contributed by atoms with Gasteiger partial charge in [0.1, 0.15) is 11.8 Å². The third-order valence-electron chi connectivity index (χ3n) is 1.87. The van der Waals surface area contributed by atoms with Gasteiger partial charge in [0.25, 0.3) is 0 Å². The fraction of sp³-hybridized carbons (Fsp3) is 0.545. The Hall–Kier alpha value is -1.27. The SMILES string of the molecule is CC(C)COCCn1cccc1C#N. The molecule has 0 aliphatic heterocycles. The lowest BCUT2D eigenvalue weighted by Gasteiger charge is -2.07. The van der Waals surface area contributed by atoms with E-state index in [-0.39, 0.29) is 0 Å². The molecule has 0 N–H and O–H groups in total. The molecule has 0 aliphatic carbocycles. The zero-order valence-electron chi connectivity index (χ0n) is 8.73. The number of hydrogen-bond acceptors (Lipinski definition) is 2. The average molecular weight is 192 g/mol. The summed E-state index contributed by atoms with van der Waals surface area (Å²) < 4.78 is 7.34. The second kappa shape index (κ2) is 5.46. The summed E-state index contributed by atoms with van der Waals surface area (Å²) in [6.07, 6.45) is 1.90. The number of hydrogen-bond donors (Lipinski definition) is 0. The van der Waals surface area contributed by atoms with E-state index in [2.05, 4.69) is 19.9 Å². The lowest BCUT2D eigenvalue weighted by Crippen LogP contribution is -2.09. The van der Waals surface area contributed by atoms with E-state index in [1.807, 2.05) is 22.9 Å². The molecular formula is C11H16N2O. The van der Waals surface area contributed by atoms with Crippen LogP contribution in [-0.4, -0.2) is 17.8 Å². The van der Waals surface area contributed by atoms with E-state index >= 15 is 0 Å². The molecule has 3 nitrogen and oxygen atoms in total. The van der Waals surface area contributed by atoms with Gasteiger partial charge in [0.15, 0.2) is 0 Å². The zero-order chi connectivity index (χ0) is 10.4. The monoisotopic (exact) mass is 192 g/mol. The summed E-state index contributed by atoms with van der Waals surface area (Å²) in [5, 5.41) is 8.74. The molecule has 0 saturated heterocycles. The molecule has 3 heteroatoms. The molecule has 1 heterocycles. The molecule has 14 heavy (non-hydrogen) atoms. The molecule has 0 fully saturated rings. The first-order chi connectivity index (χ1) is 6.74. The first-order valence-electron chi connectivity index (χ1n) is 4.87. The Balaban J connectivity index is 2.28. The third kappa shape index (κ3) is 3.23. The van der Waals surface area contributed by atoms with Gasteiger partial charge in [-0.15, -0.1) is 0 Å². The lowest BCUT2D eigenvalue weighted by atomic mass is 10.2. The number of rotatable bonds is 5. The third-order valence-corrected chi connectivity index (χ3v) is 1.87. The minimum absolute atomic E-state index is 0.565. The Labute approximate surface area is 84.9 Å². The van der Waals surface area contributed by atoms with Crippen molar-refractivity contribution in [2.75, 3.05) is 13.2 Å². The first-order valence-corrected chi connectivity index (χ1v) is 4.87. The van der Waals surface area contributed by atoms with Gasteiger partial charge in [-0.3, -0.25) is 0 Å². The Morgan fingerprint density at radius 3 is 3.00 bits per heavy atom. The Bertz CT molecular complexity index is 309. The molecule has 0 saturated carbocycles.